The van der Waals surface area contributed by atoms with Gasteiger partial charge in [0, 0.05) is 38.6 Å². The first-order valence-corrected chi connectivity index (χ1v) is 9.43. The minimum Gasteiger partial charge on any atom is -0.338 e. The fourth-order valence-electron chi connectivity index (χ4n) is 3.86. The summed E-state index contributed by atoms with van der Waals surface area (Å²) in [6.07, 6.45) is 2.32. The Morgan fingerprint density at radius 1 is 1.32 bits per heavy atom. The van der Waals surface area contributed by atoms with Crippen molar-refractivity contribution in [1.82, 2.24) is 15.1 Å². The van der Waals surface area contributed by atoms with Crippen molar-refractivity contribution in [1.29, 1.82) is 0 Å². The second-order valence-electron chi connectivity index (χ2n) is 7.34. The van der Waals surface area contributed by atoms with Gasteiger partial charge in [-0.05, 0) is 31.9 Å². The monoisotopic (exact) mass is 343 g/mol. The number of hydrogen-bond donors (Lipinski definition) is 1. The van der Waals surface area contributed by atoms with Crippen LogP contribution >= 0.6 is 0 Å². The van der Waals surface area contributed by atoms with E-state index in [2.05, 4.69) is 43.4 Å². The molecule has 2 unspecified atom stereocenters. The summed E-state index contributed by atoms with van der Waals surface area (Å²) in [6, 6.07) is 8.54. The molecule has 2 aliphatic heterocycles. The van der Waals surface area contributed by atoms with E-state index in [1.807, 2.05) is 9.80 Å². The van der Waals surface area contributed by atoms with Crippen molar-refractivity contribution in [3.8, 4) is 0 Å². The Morgan fingerprint density at radius 2 is 2.08 bits per heavy atom. The normalized spacial score (nSPS) is 23.3. The van der Waals surface area contributed by atoms with E-state index in [4.69, 9.17) is 0 Å². The predicted molar refractivity (Wildman–Crippen MR) is 98.0 cm³/mol. The van der Waals surface area contributed by atoms with E-state index in [1.54, 1.807) is 0 Å². The Kier molecular flexibility index (Phi) is 5.74. The number of nitrogens with one attached hydrogen (secondary N) is 1. The van der Waals surface area contributed by atoms with E-state index in [9.17, 15) is 9.59 Å². The van der Waals surface area contributed by atoms with Gasteiger partial charge >= 0.3 is 0 Å². The molecule has 0 radical (unpaired) electrons. The Morgan fingerprint density at radius 3 is 2.72 bits per heavy atom. The van der Waals surface area contributed by atoms with E-state index < -0.39 is 0 Å². The number of hydrogen-bond acceptors (Lipinski definition) is 3. The third kappa shape index (κ3) is 4.21. The second kappa shape index (κ2) is 8.00. The molecule has 25 heavy (non-hydrogen) atoms. The number of nitrogens with zero attached hydrogens (tertiary/aromatic N) is 2. The number of benzene rings is 1. The Balaban J connectivity index is 1.63. The van der Waals surface area contributed by atoms with Crippen molar-refractivity contribution >= 4 is 11.8 Å². The summed E-state index contributed by atoms with van der Waals surface area (Å²) < 4.78 is 0. The van der Waals surface area contributed by atoms with E-state index in [0.29, 0.717) is 19.5 Å². The maximum absolute atomic E-state index is 13.0. The van der Waals surface area contributed by atoms with Crippen LogP contribution in [0.2, 0.25) is 0 Å². The average molecular weight is 343 g/mol. The van der Waals surface area contributed by atoms with Crippen molar-refractivity contribution in [3.05, 3.63) is 35.4 Å². The van der Waals surface area contributed by atoms with Crippen LogP contribution < -0.4 is 5.32 Å². The van der Waals surface area contributed by atoms with Crippen molar-refractivity contribution in [3.63, 3.8) is 0 Å². The molecule has 0 aromatic heterocycles. The quantitative estimate of drug-likeness (QED) is 0.859. The zero-order valence-corrected chi connectivity index (χ0v) is 15.3. The lowest BCUT2D eigenvalue weighted by Gasteiger charge is -2.30. The smallest absolute Gasteiger partial charge is 0.228 e. The van der Waals surface area contributed by atoms with Crippen molar-refractivity contribution in [2.24, 2.45) is 5.92 Å². The predicted octanol–water partition coefficient (Wildman–Crippen LogP) is 1.94. The number of aryl methyl sites for hydroxylation is 1. The van der Waals surface area contributed by atoms with Crippen LogP contribution in [0.25, 0.3) is 0 Å². The van der Waals surface area contributed by atoms with Gasteiger partial charge in [0.15, 0.2) is 0 Å². The zero-order valence-electron chi connectivity index (χ0n) is 15.3. The minimum atomic E-state index is -0.190. The summed E-state index contributed by atoms with van der Waals surface area (Å²) in [5.41, 5.74) is 2.34. The molecule has 0 saturated carbocycles. The summed E-state index contributed by atoms with van der Waals surface area (Å²) >= 11 is 0. The van der Waals surface area contributed by atoms with Gasteiger partial charge in [0.2, 0.25) is 11.8 Å². The molecule has 2 fully saturated rings. The fraction of sp³-hybridized carbons (Fsp3) is 0.600. The summed E-state index contributed by atoms with van der Waals surface area (Å²) in [5, 5.41) is 3.34. The molecular formula is C20H29N3O2. The zero-order chi connectivity index (χ0) is 17.8. The van der Waals surface area contributed by atoms with Gasteiger partial charge in [-0.3, -0.25) is 9.59 Å². The van der Waals surface area contributed by atoms with Gasteiger partial charge in [0.05, 0.1) is 5.92 Å². The number of likely N-dealkylation sites (tertiary alicyclic amines) is 1. The fourth-order valence-corrected chi connectivity index (χ4v) is 3.86. The molecule has 2 saturated heterocycles. The maximum atomic E-state index is 13.0. The molecule has 2 amide bonds. The van der Waals surface area contributed by atoms with Gasteiger partial charge in [0.25, 0.3) is 0 Å². The van der Waals surface area contributed by atoms with Crippen LogP contribution in [0.3, 0.4) is 0 Å². The van der Waals surface area contributed by atoms with Gasteiger partial charge in [-0.15, -0.1) is 0 Å². The standard InChI is InChI=1S/C20H29N3O2/c1-3-10-23(18-8-9-21-12-18)20(25)17-11-19(24)22(14-17)13-16-6-4-15(2)5-7-16/h4-7,17-18,21H,3,8-14H2,1-2H3. The van der Waals surface area contributed by atoms with Gasteiger partial charge in [-0.1, -0.05) is 36.8 Å². The van der Waals surface area contributed by atoms with Crippen LogP contribution in [-0.2, 0) is 16.1 Å². The molecule has 0 aliphatic carbocycles. The van der Waals surface area contributed by atoms with Crippen LogP contribution in [0.4, 0.5) is 0 Å². The molecular weight excluding hydrogens is 314 g/mol. The molecule has 1 N–H and O–H groups in total. The maximum Gasteiger partial charge on any atom is 0.228 e. The number of carbonyl (C=O) groups excluding carboxylic acids is 2. The molecule has 2 aliphatic rings. The molecule has 5 nitrogen and oxygen atoms in total. The number of carbonyl (C=O) groups is 2. The van der Waals surface area contributed by atoms with Crippen LogP contribution in [0, 0.1) is 12.8 Å². The third-order valence-electron chi connectivity index (χ3n) is 5.28. The van der Waals surface area contributed by atoms with Crippen LogP contribution in [-0.4, -0.2) is 53.8 Å². The molecule has 2 atom stereocenters. The Hall–Kier alpha value is -1.88. The number of rotatable bonds is 6. The lowest BCUT2D eigenvalue weighted by Crippen LogP contribution is -2.45. The van der Waals surface area contributed by atoms with Gasteiger partial charge in [-0.2, -0.15) is 0 Å². The Labute approximate surface area is 150 Å². The number of amides is 2. The van der Waals surface area contributed by atoms with E-state index in [0.717, 1.165) is 38.0 Å². The summed E-state index contributed by atoms with van der Waals surface area (Å²) in [6.45, 7) is 7.94. The lowest BCUT2D eigenvalue weighted by atomic mass is 10.0. The van der Waals surface area contributed by atoms with Gasteiger partial charge in [-0.25, -0.2) is 0 Å². The molecule has 2 heterocycles. The molecule has 0 bridgehead atoms. The van der Waals surface area contributed by atoms with Gasteiger partial charge in [0.1, 0.15) is 0 Å². The van der Waals surface area contributed by atoms with Crippen molar-refractivity contribution in [2.75, 3.05) is 26.2 Å². The lowest BCUT2D eigenvalue weighted by molar-refractivity contribution is -0.137. The summed E-state index contributed by atoms with van der Waals surface area (Å²) in [4.78, 5) is 29.3. The molecule has 5 heteroatoms. The van der Waals surface area contributed by atoms with Crippen LogP contribution in [0.15, 0.2) is 24.3 Å². The van der Waals surface area contributed by atoms with Gasteiger partial charge < -0.3 is 15.1 Å². The van der Waals surface area contributed by atoms with Crippen LogP contribution in [0.5, 0.6) is 0 Å². The van der Waals surface area contributed by atoms with E-state index >= 15 is 0 Å². The molecule has 136 valence electrons. The molecule has 0 spiro atoms. The first-order chi connectivity index (χ1) is 12.1. The molecule has 1 aromatic carbocycles. The average Bonchev–Trinajstić information content (AvgIpc) is 3.25. The van der Waals surface area contributed by atoms with Crippen LogP contribution in [0.1, 0.15) is 37.3 Å². The third-order valence-corrected chi connectivity index (χ3v) is 5.28. The van der Waals surface area contributed by atoms with E-state index in [-0.39, 0.29) is 23.8 Å². The highest BCUT2D eigenvalue weighted by Crippen LogP contribution is 2.24. The molecule has 3 rings (SSSR count). The first kappa shape index (κ1) is 17.9. The summed E-state index contributed by atoms with van der Waals surface area (Å²) in [7, 11) is 0. The van der Waals surface area contributed by atoms with Crippen molar-refractivity contribution < 1.29 is 9.59 Å². The minimum absolute atomic E-state index is 0.0971. The van der Waals surface area contributed by atoms with E-state index in [1.165, 1.54) is 5.56 Å². The SMILES string of the molecule is CCCN(C(=O)C1CC(=O)N(Cc2ccc(C)cc2)C1)C1CCNC1. The highest BCUT2D eigenvalue weighted by molar-refractivity contribution is 5.89. The van der Waals surface area contributed by atoms with Crippen molar-refractivity contribution in [2.45, 2.75) is 45.7 Å². The summed E-state index contributed by atoms with van der Waals surface area (Å²) in [5.74, 6) is 0.0697. The second-order valence-corrected chi connectivity index (χ2v) is 7.34. The highest BCUT2D eigenvalue weighted by Gasteiger charge is 2.38. The largest absolute Gasteiger partial charge is 0.338 e. The topological polar surface area (TPSA) is 52.7 Å². The Bertz CT molecular complexity index is 608. The highest BCUT2D eigenvalue weighted by atomic mass is 16.2. The first-order valence-electron chi connectivity index (χ1n) is 9.43. The molecule has 1 aromatic rings.